The molecular weight excluding hydrogens is 364 g/mol. The van der Waals surface area contributed by atoms with Crippen LogP contribution in [0, 0.1) is 28.6 Å². The van der Waals surface area contributed by atoms with E-state index < -0.39 is 0 Å². The zero-order valence-corrected chi connectivity index (χ0v) is 21.1. The summed E-state index contributed by atoms with van der Waals surface area (Å²) in [5.74, 6) is 1.64. The lowest BCUT2D eigenvalue weighted by Gasteiger charge is -2.31. The molecule has 0 bridgehead atoms. The maximum Gasteiger partial charge on any atom is 0.0536 e. The second-order valence-electron chi connectivity index (χ2n) is 11.9. The summed E-state index contributed by atoms with van der Waals surface area (Å²) in [6.45, 7) is 22.6. The van der Waals surface area contributed by atoms with Gasteiger partial charge in [0.05, 0.1) is 6.61 Å². The van der Waals surface area contributed by atoms with Gasteiger partial charge < -0.3 is 4.74 Å². The van der Waals surface area contributed by atoms with Gasteiger partial charge in [-0.05, 0) is 54.4 Å². The van der Waals surface area contributed by atoms with Crippen LogP contribution < -0.4 is 0 Å². The molecule has 1 nitrogen and oxygen atoms in total. The smallest absolute Gasteiger partial charge is 0.0536 e. The Morgan fingerprint density at radius 3 is 2.43 bits per heavy atom. The van der Waals surface area contributed by atoms with Gasteiger partial charge in [-0.25, -0.2) is 0 Å². The van der Waals surface area contributed by atoms with Gasteiger partial charge in [0.25, 0.3) is 0 Å². The van der Waals surface area contributed by atoms with Crippen LogP contribution in [-0.4, -0.2) is 13.2 Å². The number of rotatable bonds is 4. The molecule has 0 radical (unpaired) electrons. The van der Waals surface area contributed by atoms with Crippen LogP contribution in [0.5, 0.6) is 0 Å². The maximum absolute atomic E-state index is 5.96. The Hall–Kier alpha value is -1.34. The van der Waals surface area contributed by atoms with Crippen molar-refractivity contribution in [1.29, 1.82) is 0 Å². The summed E-state index contributed by atoms with van der Waals surface area (Å²) in [5, 5.41) is 0. The maximum atomic E-state index is 5.96. The first-order valence-corrected chi connectivity index (χ1v) is 11.9. The van der Waals surface area contributed by atoms with Crippen LogP contribution in [0.25, 0.3) is 0 Å². The van der Waals surface area contributed by atoms with E-state index >= 15 is 0 Å². The highest BCUT2D eigenvalue weighted by Crippen LogP contribution is 2.37. The van der Waals surface area contributed by atoms with Crippen molar-refractivity contribution >= 4 is 0 Å². The second-order valence-corrected chi connectivity index (χ2v) is 11.9. The van der Waals surface area contributed by atoms with E-state index in [4.69, 9.17) is 4.74 Å². The summed E-state index contributed by atoms with van der Waals surface area (Å²) >= 11 is 0. The topological polar surface area (TPSA) is 9.23 Å². The van der Waals surface area contributed by atoms with E-state index in [2.05, 4.69) is 98.8 Å². The van der Waals surface area contributed by atoms with E-state index in [1.165, 1.54) is 11.1 Å². The summed E-state index contributed by atoms with van der Waals surface area (Å²) in [6, 6.07) is 0. The molecule has 1 saturated heterocycles. The summed E-state index contributed by atoms with van der Waals surface area (Å²) in [6.07, 6.45) is 17.6. The molecular formula is C29H46O. The fourth-order valence-electron chi connectivity index (χ4n) is 4.48. The molecule has 0 N–H and O–H groups in total. The number of allylic oxidation sites excluding steroid dienone is 9. The lowest BCUT2D eigenvalue weighted by Crippen LogP contribution is -2.25. The first-order chi connectivity index (χ1) is 13.9. The van der Waals surface area contributed by atoms with Gasteiger partial charge in [-0.2, -0.15) is 0 Å². The predicted molar refractivity (Wildman–Crippen MR) is 133 cm³/mol. The molecule has 1 heteroatoms. The Balaban J connectivity index is 2.07. The minimum atomic E-state index is 0.240. The van der Waals surface area contributed by atoms with Crippen LogP contribution in [0.15, 0.2) is 58.7 Å². The van der Waals surface area contributed by atoms with Crippen molar-refractivity contribution in [3.63, 3.8) is 0 Å². The van der Waals surface area contributed by atoms with Gasteiger partial charge in [0, 0.05) is 12.5 Å². The first-order valence-electron chi connectivity index (χ1n) is 11.9. The molecule has 1 aliphatic heterocycles. The Morgan fingerprint density at radius 1 is 1.10 bits per heavy atom. The normalized spacial score (nSPS) is 27.9. The van der Waals surface area contributed by atoms with Gasteiger partial charge in [0.2, 0.25) is 0 Å². The Labute approximate surface area is 187 Å². The SMILES string of the molecule is CC1=C/C(=C/C(C)C/C=C/C=C2/CC(C)COCC2C(C)(C)C)C=C(C(C)(C)C)C1. The minimum Gasteiger partial charge on any atom is -0.381 e. The van der Waals surface area contributed by atoms with Crippen molar-refractivity contribution in [3.05, 3.63) is 58.7 Å². The first kappa shape index (κ1) is 24.9. The van der Waals surface area contributed by atoms with Crippen molar-refractivity contribution in [2.75, 3.05) is 13.2 Å². The summed E-state index contributed by atoms with van der Waals surface area (Å²) in [4.78, 5) is 0. The van der Waals surface area contributed by atoms with E-state index in [9.17, 15) is 0 Å². The largest absolute Gasteiger partial charge is 0.381 e. The molecule has 2 rings (SSSR count). The summed E-state index contributed by atoms with van der Waals surface area (Å²) in [5.41, 5.74) is 6.43. The fourth-order valence-corrected chi connectivity index (χ4v) is 4.48. The molecule has 3 atom stereocenters. The highest BCUT2D eigenvalue weighted by Gasteiger charge is 2.30. The quantitative estimate of drug-likeness (QED) is 0.451. The molecule has 0 aromatic carbocycles. The highest BCUT2D eigenvalue weighted by atomic mass is 16.5. The van der Waals surface area contributed by atoms with E-state index in [0.29, 0.717) is 17.8 Å². The van der Waals surface area contributed by atoms with Gasteiger partial charge in [0.1, 0.15) is 0 Å². The summed E-state index contributed by atoms with van der Waals surface area (Å²) in [7, 11) is 0. The lowest BCUT2D eigenvalue weighted by atomic mass is 9.75. The number of hydrogen-bond donors (Lipinski definition) is 0. The highest BCUT2D eigenvalue weighted by molar-refractivity contribution is 5.43. The Bertz CT molecular complexity index is 727. The minimum absolute atomic E-state index is 0.240. The molecule has 1 fully saturated rings. The Morgan fingerprint density at radius 2 is 1.80 bits per heavy atom. The predicted octanol–water partition coefficient (Wildman–Crippen LogP) is 8.46. The van der Waals surface area contributed by atoms with Crippen LogP contribution in [-0.2, 0) is 4.74 Å². The van der Waals surface area contributed by atoms with E-state index in [1.54, 1.807) is 11.1 Å². The molecule has 168 valence electrons. The van der Waals surface area contributed by atoms with Gasteiger partial charge in [0.15, 0.2) is 0 Å². The molecule has 30 heavy (non-hydrogen) atoms. The van der Waals surface area contributed by atoms with Gasteiger partial charge in [-0.3, -0.25) is 0 Å². The van der Waals surface area contributed by atoms with Gasteiger partial charge in [-0.1, -0.05) is 109 Å². The molecule has 1 aliphatic carbocycles. The van der Waals surface area contributed by atoms with Crippen LogP contribution in [0.1, 0.15) is 81.6 Å². The average molecular weight is 411 g/mol. The molecule has 0 aromatic heterocycles. The molecule has 0 amide bonds. The van der Waals surface area contributed by atoms with Crippen molar-refractivity contribution in [1.82, 2.24) is 0 Å². The standard InChI is InChI=1S/C29H46O/c1-21(14-24-15-22(2)17-26(18-24)28(4,5)6)12-10-11-13-25-16-23(3)19-30-20-27(25)29(7,8)9/h10-11,13-15,18,21,23,27H,12,16-17,19-20H2,1-9H3/b11-10+,24-14-,25-13-. The third-order valence-electron chi connectivity index (χ3n) is 6.38. The molecule has 1 heterocycles. The molecule has 0 aromatic rings. The number of ether oxygens (including phenoxy) is 1. The van der Waals surface area contributed by atoms with Gasteiger partial charge >= 0.3 is 0 Å². The van der Waals surface area contributed by atoms with E-state index in [-0.39, 0.29) is 10.8 Å². The third-order valence-corrected chi connectivity index (χ3v) is 6.38. The molecule has 0 spiro atoms. The molecule has 2 aliphatic rings. The lowest BCUT2D eigenvalue weighted by molar-refractivity contribution is 0.0717. The van der Waals surface area contributed by atoms with Gasteiger partial charge in [-0.15, -0.1) is 0 Å². The van der Waals surface area contributed by atoms with E-state index in [0.717, 1.165) is 32.5 Å². The van der Waals surface area contributed by atoms with Crippen molar-refractivity contribution in [3.8, 4) is 0 Å². The van der Waals surface area contributed by atoms with Crippen molar-refractivity contribution in [2.24, 2.45) is 28.6 Å². The van der Waals surface area contributed by atoms with Crippen LogP contribution >= 0.6 is 0 Å². The zero-order chi connectivity index (χ0) is 22.5. The third kappa shape index (κ3) is 7.73. The van der Waals surface area contributed by atoms with Crippen molar-refractivity contribution < 1.29 is 4.74 Å². The Kier molecular flexibility index (Phi) is 8.57. The van der Waals surface area contributed by atoms with Crippen LogP contribution in [0.2, 0.25) is 0 Å². The van der Waals surface area contributed by atoms with Crippen molar-refractivity contribution in [2.45, 2.75) is 81.6 Å². The number of hydrogen-bond acceptors (Lipinski definition) is 1. The van der Waals surface area contributed by atoms with E-state index in [1.807, 2.05) is 0 Å². The summed E-state index contributed by atoms with van der Waals surface area (Å²) < 4.78 is 5.96. The monoisotopic (exact) mass is 410 g/mol. The fraction of sp³-hybridized carbons (Fsp3) is 0.655. The molecule has 0 saturated carbocycles. The van der Waals surface area contributed by atoms with Crippen LogP contribution in [0.4, 0.5) is 0 Å². The molecule has 3 unspecified atom stereocenters. The zero-order valence-electron chi connectivity index (χ0n) is 21.1. The average Bonchev–Trinajstić information content (AvgIpc) is 2.78. The van der Waals surface area contributed by atoms with Crippen LogP contribution in [0.3, 0.4) is 0 Å². The second kappa shape index (κ2) is 10.3.